The van der Waals surface area contributed by atoms with E-state index in [2.05, 4.69) is 58.5 Å². The van der Waals surface area contributed by atoms with Crippen LogP contribution in [-0.4, -0.2) is 14.5 Å². The molecule has 0 aliphatic heterocycles. The maximum atomic E-state index is 12.4. The van der Waals surface area contributed by atoms with Gasteiger partial charge in [0.25, 0.3) is 5.56 Å². The molecule has 3 aromatic carbocycles. The predicted molar refractivity (Wildman–Crippen MR) is 112 cm³/mol. The highest BCUT2D eigenvalue weighted by atomic mass is 16.1. The molecule has 0 amide bonds. The first-order valence-corrected chi connectivity index (χ1v) is 9.17. The zero-order valence-electron chi connectivity index (χ0n) is 15.1. The second-order valence-electron chi connectivity index (χ2n) is 6.79. The van der Waals surface area contributed by atoms with E-state index in [1.54, 1.807) is 10.8 Å². The Balaban J connectivity index is 1.56. The maximum absolute atomic E-state index is 12.4. The van der Waals surface area contributed by atoms with Gasteiger partial charge in [-0.25, -0.2) is 9.97 Å². The van der Waals surface area contributed by atoms with Gasteiger partial charge in [-0.1, -0.05) is 54.6 Å². The minimum atomic E-state index is -0.151. The van der Waals surface area contributed by atoms with E-state index < -0.39 is 0 Å². The molecule has 0 aliphatic carbocycles. The van der Waals surface area contributed by atoms with Gasteiger partial charge in [-0.05, 0) is 51.7 Å². The lowest BCUT2D eigenvalue weighted by Gasteiger charge is -2.10. The molecule has 2 aromatic heterocycles. The summed E-state index contributed by atoms with van der Waals surface area (Å²) in [7, 11) is 0. The summed E-state index contributed by atoms with van der Waals surface area (Å²) >= 11 is 0. The van der Waals surface area contributed by atoms with Crippen LogP contribution in [-0.2, 0) is 6.54 Å². The molecular weight excluding hydrogens is 346 g/mol. The lowest BCUT2D eigenvalue weighted by Crippen LogP contribution is -2.21. The summed E-state index contributed by atoms with van der Waals surface area (Å²) in [6, 6.07) is 26.8. The molecule has 0 saturated heterocycles. The number of benzene rings is 3. The Bertz CT molecular complexity index is 1370. The molecule has 0 atom stereocenters. The van der Waals surface area contributed by atoms with Gasteiger partial charge in [-0.2, -0.15) is 0 Å². The number of pyridine rings is 1. The Morgan fingerprint density at radius 2 is 1.61 bits per heavy atom. The van der Waals surface area contributed by atoms with Gasteiger partial charge in [0.1, 0.15) is 5.52 Å². The molecule has 28 heavy (non-hydrogen) atoms. The van der Waals surface area contributed by atoms with Gasteiger partial charge in [0.05, 0.1) is 12.7 Å². The highest BCUT2D eigenvalue weighted by Gasteiger charge is 2.07. The van der Waals surface area contributed by atoms with Crippen molar-refractivity contribution in [2.75, 3.05) is 0 Å². The third kappa shape index (κ3) is 2.95. The average Bonchev–Trinajstić information content (AvgIpc) is 2.76. The highest BCUT2D eigenvalue weighted by molar-refractivity contribution is 5.87. The summed E-state index contributed by atoms with van der Waals surface area (Å²) in [6.45, 7) is 0.455. The Morgan fingerprint density at radius 3 is 2.54 bits per heavy atom. The van der Waals surface area contributed by atoms with E-state index in [9.17, 15) is 4.79 Å². The van der Waals surface area contributed by atoms with Gasteiger partial charge in [-0.3, -0.25) is 9.36 Å². The van der Waals surface area contributed by atoms with Crippen LogP contribution in [0.15, 0.2) is 96.1 Å². The number of rotatable bonds is 3. The fraction of sp³-hybridized carbons (Fsp3) is 0.0417. The summed E-state index contributed by atoms with van der Waals surface area (Å²) in [6.07, 6.45) is 3.04. The lowest BCUT2D eigenvalue weighted by atomic mass is 10.00. The van der Waals surface area contributed by atoms with Gasteiger partial charge in [0.2, 0.25) is 0 Å². The normalized spacial score (nSPS) is 11.1. The van der Waals surface area contributed by atoms with E-state index in [-0.39, 0.29) is 5.56 Å². The quantitative estimate of drug-likeness (QED) is 0.468. The van der Waals surface area contributed by atoms with Crippen molar-refractivity contribution >= 4 is 21.9 Å². The molecule has 134 valence electrons. The molecule has 0 fully saturated rings. The third-order valence-corrected chi connectivity index (χ3v) is 4.95. The number of hydrogen-bond donors (Lipinski definition) is 0. The van der Waals surface area contributed by atoms with Gasteiger partial charge < -0.3 is 0 Å². The molecule has 0 aliphatic rings. The van der Waals surface area contributed by atoms with Crippen molar-refractivity contribution in [3.63, 3.8) is 0 Å². The lowest BCUT2D eigenvalue weighted by molar-refractivity contribution is 0.775. The monoisotopic (exact) mass is 363 g/mol. The Hall–Kier alpha value is -3.79. The van der Waals surface area contributed by atoms with Gasteiger partial charge >= 0.3 is 0 Å². The van der Waals surface area contributed by atoms with Gasteiger partial charge in [-0.15, -0.1) is 0 Å². The minimum Gasteiger partial charge on any atom is -0.286 e. The molecular formula is C24H17N3O. The van der Waals surface area contributed by atoms with Crippen LogP contribution in [0.25, 0.3) is 33.1 Å². The van der Waals surface area contributed by atoms with Crippen LogP contribution < -0.4 is 5.56 Å². The van der Waals surface area contributed by atoms with Crippen molar-refractivity contribution in [2.24, 2.45) is 0 Å². The van der Waals surface area contributed by atoms with E-state index in [1.807, 2.05) is 30.3 Å². The predicted octanol–water partition coefficient (Wildman–Crippen LogP) is 4.66. The zero-order chi connectivity index (χ0) is 18.9. The standard InChI is InChI=1S/C24H17N3O/c28-23-15-26-22-9-4-12-25-24(22)27(23)16-17-5-3-8-19(13-17)21-11-10-18-6-1-2-7-20(18)14-21/h1-15H,16H2. The Morgan fingerprint density at radius 1 is 0.750 bits per heavy atom. The number of aromatic nitrogens is 3. The SMILES string of the molecule is O=c1cnc2cccnc2n1Cc1cccc(-c2ccc3ccccc3c2)c1. The van der Waals surface area contributed by atoms with Crippen molar-refractivity contribution in [1.29, 1.82) is 0 Å². The first-order chi connectivity index (χ1) is 13.8. The van der Waals surface area contributed by atoms with E-state index in [0.717, 1.165) is 16.7 Å². The van der Waals surface area contributed by atoms with Crippen LogP contribution in [0.2, 0.25) is 0 Å². The average molecular weight is 363 g/mol. The van der Waals surface area contributed by atoms with E-state index in [0.29, 0.717) is 17.7 Å². The second-order valence-corrected chi connectivity index (χ2v) is 6.79. The van der Waals surface area contributed by atoms with Crippen LogP contribution in [0.3, 0.4) is 0 Å². The molecule has 2 heterocycles. The molecule has 4 nitrogen and oxygen atoms in total. The summed E-state index contributed by atoms with van der Waals surface area (Å²) < 4.78 is 1.67. The fourth-order valence-corrected chi connectivity index (χ4v) is 3.55. The number of hydrogen-bond acceptors (Lipinski definition) is 3. The molecule has 5 aromatic rings. The largest absolute Gasteiger partial charge is 0.286 e. The summed E-state index contributed by atoms with van der Waals surface area (Å²) in [5, 5.41) is 2.44. The molecule has 0 saturated carbocycles. The maximum Gasteiger partial charge on any atom is 0.270 e. The third-order valence-electron chi connectivity index (χ3n) is 4.95. The molecule has 0 radical (unpaired) electrons. The van der Waals surface area contributed by atoms with Crippen LogP contribution in [0.5, 0.6) is 0 Å². The van der Waals surface area contributed by atoms with Crippen molar-refractivity contribution in [2.45, 2.75) is 6.54 Å². The Kier molecular flexibility index (Phi) is 3.95. The number of nitrogens with zero attached hydrogens (tertiary/aromatic N) is 3. The fourth-order valence-electron chi connectivity index (χ4n) is 3.55. The molecule has 5 rings (SSSR count). The van der Waals surface area contributed by atoms with E-state index in [4.69, 9.17) is 0 Å². The number of fused-ring (bicyclic) bond motifs is 2. The molecule has 0 spiro atoms. The van der Waals surface area contributed by atoms with Crippen molar-refractivity contribution in [1.82, 2.24) is 14.5 Å². The Labute approximate surface area is 161 Å². The molecule has 0 N–H and O–H groups in total. The van der Waals surface area contributed by atoms with Crippen LogP contribution in [0.1, 0.15) is 5.56 Å². The highest BCUT2D eigenvalue weighted by Crippen LogP contribution is 2.25. The van der Waals surface area contributed by atoms with E-state index >= 15 is 0 Å². The summed E-state index contributed by atoms with van der Waals surface area (Å²) in [5.41, 5.74) is 4.50. The molecule has 0 bridgehead atoms. The minimum absolute atomic E-state index is 0.151. The van der Waals surface area contributed by atoms with Gasteiger partial charge in [0.15, 0.2) is 5.65 Å². The smallest absolute Gasteiger partial charge is 0.270 e. The topological polar surface area (TPSA) is 47.8 Å². The molecule has 0 unspecified atom stereocenters. The van der Waals surface area contributed by atoms with Crippen molar-refractivity contribution in [3.8, 4) is 11.1 Å². The summed E-state index contributed by atoms with van der Waals surface area (Å²) in [4.78, 5) is 20.9. The van der Waals surface area contributed by atoms with E-state index in [1.165, 1.54) is 17.0 Å². The van der Waals surface area contributed by atoms with Crippen LogP contribution in [0.4, 0.5) is 0 Å². The van der Waals surface area contributed by atoms with Crippen LogP contribution >= 0.6 is 0 Å². The first kappa shape index (κ1) is 16.4. The van der Waals surface area contributed by atoms with Crippen molar-refractivity contribution in [3.05, 3.63) is 107 Å². The zero-order valence-corrected chi connectivity index (χ0v) is 15.1. The summed E-state index contributed by atoms with van der Waals surface area (Å²) in [5.74, 6) is 0. The van der Waals surface area contributed by atoms with Gasteiger partial charge in [0, 0.05) is 6.20 Å². The van der Waals surface area contributed by atoms with Crippen molar-refractivity contribution < 1.29 is 0 Å². The first-order valence-electron chi connectivity index (χ1n) is 9.17. The molecule has 4 heteroatoms. The second kappa shape index (κ2) is 6.74. The van der Waals surface area contributed by atoms with Crippen LogP contribution in [0, 0.1) is 0 Å².